The van der Waals surface area contributed by atoms with E-state index >= 15 is 0 Å². The van der Waals surface area contributed by atoms with Gasteiger partial charge in [0.15, 0.2) is 0 Å². The summed E-state index contributed by atoms with van der Waals surface area (Å²) < 4.78 is 5.51. The number of unbranched alkanes of at least 4 members (excludes halogenated alkanes) is 59. The van der Waals surface area contributed by atoms with E-state index in [-0.39, 0.29) is 18.5 Å². The van der Waals surface area contributed by atoms with Gasteiger partial charge in [0.05, 0.1) is 25.4 Å². The maximum Gasteiger partial charge on any atom is 0.305 e. The highest BCUT2D eigenvalue weighted by molar-refractivity contribution is 5.76. The number of rotatable bonds is 74. The lowest BCUT2D eigenvalue weighted by molar-refractivity contribution is -0.143. The molecule has 0 fully saturated rings. The molecule has 2 unspecified atom stereocenters. The van der Waals surface area contributed by atoms with Crippen molar-refractivity contribution in [2.45, 2.75) is 450 Å². The van der Waals surface area contributed by atoms with E-state index in [0.717, 1.165) is 44.9 Å². The summed E-state index contributed by atoms with van der Waals surface area (Å²) in [5, 5.41) is 23.3. The van der Waals surface area contributed by atoms with Crippen molar-refractivity contribution >= 4 is 11.9 Å². The van der Waals surface area contributed by atoms with Gasteiger partial charge in [-0.05, 0) is 64.2 Å². The van der Waals surface area contributed by atoms with Gasteiger partial charge >= 0.3 is 5.97 Å². The van der Waals surface area contributed by atoms with E-state index in [2.05, 4.69) is 43.5 Å². The first kappa shape index (κ1) is 84.1. The molecule has 1 amide bonds. The molecule has 0 radical (unpaired) electrons. The summed E-state index contributed by atoms with van der Waals surface area (Å²) in [6.45, 7) is 4.95. The second kappa shape index (κ2) is 75.5. The zero-order valence-corrected chi connectivity index (χ0v) is 58.3. The SMILES string of the molecule is CCCCCCCCCCCCCCCCCCCC/C=C/C(O)C(CO)NC(=O)CCCCCCCCCCCCCCCCC/C=C\C/C=C\CCCCCCCCCCCOC(=O)CCCCCCCCCCCCCCCCCCCC. The minimum Gasteiger partial charge on any atom is -0.466 e. The van der Waals surface area contributed by atoms with Crippen LogP contribution in [0, 0.1) is 0 Å². The average molecular weight is 1210 g/mol. The van der Waals surface area contributed by atoms with Gasteiger partial charge in [-0.1, -0.05) is 397 Å². The second-order valence-corrected chi connectivity index (χ2v) is 27.0. The first-order valence-electron chi connectivity index (χ1n) is 39.3. The Morgan fingerprint density at radius 2 is 0.581 bits per heavy atom. The number of aliphatic hydroxyl groups is 2. The number of carbonyl (C=O) groups is 2. The summed E-state index contributed by atoms with van der Waals surface area (Å²) >= 11 is 0. The van der Waals surface area contributed by atoms with Gasteiger partial charge in [-0.3, -0.25) is 9.59 Å². The van der Waals surface area contributed by atoms with Crippen LogP contribution in [0.3, 0.4) is 0 Å². The smallest absolute Gasteiger partial charge is 0.305 e. The van der Waals surface area contributed by atoms with Crippen molar-refractivity contribution in [3.63, 3.8) is 0 Å². The number of nitrogens with one attached hydrogen (secondary N) is 1. The van der Waals surface area contributed by atoms with Crippen LogP contribution in [0.4, 0.5) is 0 Å². The molecule has 0 aliphatic rings. The third-order valence-electron chi connectivity index (χ3n) is 18.4. The molecule has 0 heterocycles. The van der Waals surface area contributed by atoms with Crippen molar-refractivity contribution in [3.05, 3.63) is 36.5 Å². The first-order chi connectivity index (χ1) is 42.5. The maximum atomic E-state index is 12.5. The van der Waals surface area contributed by atoms with Crippen LogP contribution in [0.1, 0.15) is 438 Å². The van der Waals surface area contributed by atoms with Crippen molar-refractivity contribution in [1.82, 2.24) is 5.32 Å². The van der Waals surface area contributed by atoms with Crippen molar-refractivity contribution < 1.29 is 24.5 Å². The van der Waals surface area contributed by atoms with Gasteiger partial charge in [0, 0.05) is 12.8 Å². The Bertz CT molecular complexity index is 1390. The summed E-state index contributed by atoms with van der Waals surface area (Å²) in [6.07, 6.45) is 98.3. The molecular formula is C80H153NO5. The van der Waals surface area contributed by atoms with Gasteiger partial charge in [0.2, 0.25) is 5.91 Å². The molecule has 3 N–H and O–H groups in total. The topological polar surface area (TPSA) is 95.9 Å². The zero-order valence-electron chi connectivity index (χ0n) is 58.3. The third kappa shape index (κ3) is 71.2. The van der Waals surface area contributed by atoms with Gasteiger partial charge in [0.25, 0.3) is 0 Å². The maximum absolute atomic E-state index is 12.5. The molecule has 86 heavy (non-hydrogen) atoms. The molecule has 0 aromatic heterocycles. The lowest BCUT2D eigenvalue weighted by Gasteiger charge is -2.20. The molecule has 2 atom stereocenters. The van der Waals surface area contributed by atoms with Gasteiger partial charge in [0.1, 0.15) is 0 Å². The molecule has 0 aromatic rings. The highest BCUT2D eigenvalue weighted by Gasteiger charge is 2.18. The summed E-state index contributed by atoms with van der Waals surface area (Å²) in [5.41, 5.74) is 0. The molecular weight excluding hydrogens is 1050 g/mol. The van der Waals surface area contributed by atoms with E-state index < -0.39 is 12.1 Å². The fourth-order valence-corrected chi connectivity index (χ4v) is 12.4. The predicted molar refractivity (Wildman–Crippen MR) is 379 cm³/mol. The lowest BCUT2D eigenvalue weighted by atomic mass is 10.0. The molecule has 0 aliphatic carbocycles. The van der Waals surface area contributed by atoms with Crippen LogP contribution in [0.2, 0.25) is 0 Å². The third-order valence-corrected chi connectivity index (χ3v) is 18.4. The fraction of sp³-hybridized carbons (Fsp3) is 0.900. The summed E-state index contributed by atoms with van der Waals surface area (Å²) in [5.74, 6) is -0.0452. The average Bonchev–Trinajstić information content (AvgIpc) is 3.54. The lowest BCUT2D eigenvalue weighted by Crippen LogP contribution is -2.45. The summed E-state index contributed by atoms with van der Waals surface area (Å²) in [6, 6.07) is -0.629. The number of aliphatic hydroxyl groups excluding tert-OH is 2. The molecule has 0 aromatic carbocycles. The molecule has 0 saturated heterocycles. The van der Waals surface area contributed by atoms with E-state index in [9.17, 15) is 19.8 Å². The Kier molecular flexibility index (Phi) is 73.9. The van der Waals surface area contributed by atoms with Crippen LogP contribution >= 0.6 is 0 Å². The van der Waals surface area contributed by atoms with Gasteiger partial charge < -0.3 is 20.3 Å². The van der Waals surface area contributed by atoms with Crippen molar-refractivity contribution in [2.75, 3.05) is 13.2 Å². The first-order valence-corrected chi connectivity index (χ1v) is 39.3. The van der Waals surface area contributed by atoms with E-state index in [1.807, 2.05) is 6.08 Å². The molecule has 508 valence electrons. The second-order valence-electron chi connectivity index (χ2n) is 27.0. The summed E-state index contributed by atoms with van der Waals surface area (Å²) in [7, 11) is 0. The van der Waals surface area contributed by atoms with Crippen LogP contribution in [0.25, 0.3) is 0 Å². The normalized spacial score (nSPS) is 12.7. The highest BCUT2D eigenvalue weighted by Crippen LogP contribution is 2.19. The number of ether oxygens (including phenoxy) is 1. The number of hydrogen-bond donors (Lipinski definition) is 3. The molecule has 0 spiro atoms. The number of carbonyl (C=O) groups excluding carboxylic acids is 2. The van der Waals surface area contributed by atoms with E-state index in [1.165, 1.54) is 366 Å². The van der Waals surface area contributed by atoms with Gasteiger partial charge in [-0.2, -0.15) is 0 Å². The van der Waals surface area contributed by atoms with Crippen molar-refractivity contribution in [2.24, 2.45) is 0 Å². The van der Waals surface area contributed by atoms with E-state index in [4.69, 9.17) is 4.74 Å². The Morgan fingerprint density at radius 3 is 0.884 bits per heavy atom. The largest absolute Gasteiger partial charge is 0.466 e. The van der Waals surface area contributed by atoms with Crippen LogP contribution in [-0.4, -0.2) is 47.4 Å². The Morgan fingerprint density at radius 1 is 0.326 bits per heavy atom. The van der Waals surface area contributed by atoms with E-state index in [0.29, 0.717) is 19.4 Å². The molecule has 0 saturated carbocycles. The molecule has 6 nitrogen and oxygen atoms in total. The Hall–Kier alpha value is -1.92. The highest BCUT2D eigenvalue weighted by atomic mass is 16.5. The Balaban J connectivity index is 3.40. The minimum atomic E-state index is -0.845. The quantitative estimate of drug-likeness (QED) is 0.0320. The standard InChI is InChI=1S/C80H153NO5/c1-3-5-7-9-11-13-15-17-19-21-23-37-40-44-48-52-56-60-64-68-72-78(83)77(76-82)81-79(84)73-69-65-61-57-53-49-45-41-38-35-33-31-29-27-25-24-26-28-30-32-34-36-39-43-47-51-55-59-63-67-71-75-86-80(85)74-70-66-62-58-54-50-46-42-22-20-18-16-14-12-10-8-6-4-2/h26,28,32,34,68,72,77-78,82-83H,3-25,27,29-31,33,35-67,69-71,73-76H2,1-2H3,(H,81,84)/b28-26-,34-32-,72-68+. The van der Waals surface area contributed by atoms with Crippen LogP contribution in [-0.2, 0) is 14.3 Å². The minimum absolute atomic E-state index is 0.0181. The number of hydrogen-bond acceptors (Lipinski definition) is 5. The summed E-state index contributed by atoms with van der Waals surface area (Å²) in [4.78, 5) is 24.7. The monoisotopic (exact) mass is 1210 g/mol. The van der Waals surface area contributed by atoms with Crippen LogP contribution in [0.5, 0.6) is 0 Å². The number of allylic oxidation sites excluding steroid dienone is 5. The van der Waals surface area contributed by atoms with Crippen LogP contribution in [0.15, 0.2) is 36.5 Å². The van der Waals surface area contributed by atoms with Crippen LogP contribution < -0.4 is 5.32 Å². The molecule has 0 aliphatic heterocycles. The molecule has 0 rings (SSSR count). The van der Waals surface area contributed by atoms with Crippen molar-refractivity contribution in [3.8, 4) is 0 Å². The number of esters is 1. The molecule has 6 heteroatoms. The van der Waals surface area contributed by atoms with Gasteiger partial charge in [-0.15, -0.1) is 0 Å². The number of amides is 1. The zero-order chi connectivity index (χ0) is 62.0. The van der Waals surface area contributed by atoms with Gasteiger partial charge in [-0.25, -0.2) is 0 Å². The Labute approximate surface area is 538 Å². The predicted octanol–water partition coefficient (Wildman–Crippen LogP) is 25.8. The van der Waals surface area contributed by atoms with E-state index in [1.54, 1.807) is 6.08 Å². The molecule has 0 bridgehead atoms. The van der Waals surface area contributed by atoms with Crippen molar-refractivity contribution in [1.29, 1.82) is 0 Å². The fourth-order valence-electron chi connectivity index (χ4n) is 12.4.